The van der Waals surface area contributed by atoms with Crippen LogP contribution in [0.5, 0.6) is 5.75 Å². The third kappa shape index (κ3) is 3.33. The minimum atomic E-state index is 0.616. The van der Waals surface area contributed by atoms with Crippen LogP contribution in [0.4, 0.5) is 5.95 Å². The average molecular weight is 428 g/mol. The first-order valence-electron chi connectivity index (χ1n) is 10.5. The second kappa shape index (κ2) is 7.64. The van der Waals surface area contributed by atoms with Crippen LogP contribution in [-0.2, 0) is 13.6 Å². The summed E-state index contributed by atoms with van der Waals surface area (Å²) in [6.45, 7) is 6.55. The molecule has 1 N–H and O–H groups in total. The first-order valence-corrected chi connectivity index (χ1v) is 10.5. The molecule has 0 aliphatic carbocycles. The fraction of sp³-hybridized carbons (Fsp3) is 0.250. The van der Waals surface area contributed by atoms with Crippen LogP contribution in [0.2, 0.25) is 0 Å². The molecule has 162 valence electrons. The van der Waals surface area contributed by atoms with E-state index in [9.17, 15) is 0 Å². The lowest BCUT2D eigenvalue weighted by atomic mass is 10.0. The van der Waals surface area contributed by atoms with Crippen molar-refractivity contribution in [1.82, 2.24) is 29.4 Å². The number of fused-ring (bicyclic) bond motifs is 2. The van der Waals surface area contributed by atoms with Gasteiger partial charge in [0.1, 0.15) is 11.6 Å². The highest BCUT2D eigenvalue weighted by Gasteiger charge is 2.18. The number of benzene rings is 2. The number of aromatic nitrogens is 6. The predicted octanol–water partition coefficient (Wildman–Crippen LogP) is 4.22. The van der Waals surface area contributed by atoms with E-state index in [-0.39, 0.29) is 0 Å². The number of rotatable bonds is 5. The van der Waals surface area contributed by atoms with Crippen molar-refractivity contribution in [1.29, 1.82) is 0 Å². The summed E-state index contributed by atoms with van der Waals surface area (Å²) in [6.07, 6.45) is 0. The summed E-state index contributed by atoms with van der Waals surface area (Å²) < 4.78 is 8.94. The molecule has 0 saturated heterocycles. The molecule has 0 aliphatic rings. The molecule has 0 spiro atoms. The summed E-state index contributed by atoms with van der Waals surface area (Å²) in [7, 11) is 3.63. The number of anilines is 1. The van der Waals surface area contributed by atoms with Crippen molar-refractivity contribution in [2.24, 2.45) is 7.05 Å². The largest absolute Gasteiger partial charge is 0.497 e. The number of nitrogens with one attached hydrogen (secondary N) is 1. The van der Waals surface area contributed by atoms with E-state index in [0.717, 1.165) is 50.4 Å². The molecule has 0 amide bonds. The Bertz CT molecular complexity index is 1450. The Hall–Kier alpha value is -3.94. The van der Waals surface area contributed by atoms with E-state index in [0.29, 0.717) is 18.3 Å². The smallest absolute Gasteiger partial charge is 0.227 e. The zero-order chi connectivity index (χ0) is 22.4. The van der Waals surface area contributed by atoms with E-state index in [4.69, 9.17) is 14.8 Å². The van der Waals surface area contributed by atoms with Crippen LogP contribution in [0.15, 0.2) is 42.5 Å². The van der Waals surface area contributed by atoms with Crippen LogP contribution in [0.3, 0.4) is 0 Å². The molecule has 0 radical (unpaired) electrons. The highest BCUT2D eigenvalue weighted by Crippen LogP contribution is 2.31. The molecule has 5 rings (SSSR count). The highest BCUT2D eigenvalue weighted by molar-refractivity contribution is 5.90. The van der Waals surface area contributed by atoms with Crippen LogP contribution in [0, 0.1) is 20.8 Å². The van der Waals surface area contributed by atoms with Crippen molar-refractivity contribution in [3.8, 4) is 16.9 Å². The van der Waals surface area contributed by atoms with Crippen molar-refractivity contribution >= 4 is 22.5 Å². The molecule has 5 aromatic rings. The quantitative estimate of drug-likeness (QED) is 0.452. The Labute approximate surface area is 185 Å². The SMILES string of the molecule is COc1ccc(CNc2nc(C)nc3c(-c4ccc5c(c4)c(C)nn5C)c(C)nn23)cc1. The van der Waals surface area contributed by atoms with Crippen molar-refractivity contribution < 1.29 is 4.74 Å². The lowest BCUT2D eigenvalue weighted by Crippen LogP contribution is -2.09. The van der Waals surface area contributed by atoms with E-state index in [1.165, 1.54) is 0 Å². The van der Waals surface area contributed by atoms with Gasteiger partial charge in [-0.15, -0.1) is 0 Å². The van der Waals surface area contributed by atoms with Gasteiger partial charge in [0, 0.05) is 24.5 Å². The van der Waals surface area contributed by atoms with Gasteiger partial charge in [0.2, 0.25) is 5.95 Å². The molecular weight excluding hydrogens is 402 g/mol. The summed E-state index contributed by atoms with van der Waals surface area (Å²) >= 11 is 0. The summed E-state index contributed by atoms with van der Waals surface area (Å²) in [5.74, 6) is 2.19. The lowest BCUT2D eigenvalue weighted by molar-refractivity contribution is 0.414. The van der Waals surface area contributed by atoms with Crippen molar-refractivity contribution in [2.45, 2.75) is 27.3 Å². The molecular formula is C24H25N7O. The Morgan fingerprint density at radius 3 is 2.47 bits per heavy atom. The standard InChI is InChI=1S/C24H25N7O/c1-14-20-12-18(8-11-21(20)30(4)28-14)22-15(2)29-31-23(22)26-16(3)27-24(31)25-13-17-6-9-19(32-5)10-7-17/h6-12H,13H2,1-5H3,(H,25,26,27). The molecule has 8 nitrogen and oxygen atoms in total. The van der Waals surface area contributed by atoms with Gasteiger partial charge in [0.25, 0.3) is 0 Å². The van der Waals surface area contributed by atoms with Crippen LogP contribution in [-0.4, -0.2) is 36.5 Å². The number of aryl methyl sites for hydroxylation is 4. The summed E-state index contributed by atoms with van der Waals surface area (Å²) in [5, 5.41) is 13.9. The maximum absolute atomic E-state index is 5.24. The van der Waals surface area contributed by atoms with Gasteiger partial charge in [-0.05, 0) is 56.2 Å². The molecule has 0 atom stereocenters. The molecule has 0 bridgehead atoms. The molecule has 8 heteroatoms. The summed E-state index contributed by atoms with van der Waals surface area (Å²) in [4.78, 5) is 9.34. The molecule has 3 aromatic heterocycles. The molecule has 0 saturated carbocycles. The van der Waals surface area contributed by atoms with Crippen molar-refractivity contribution in [2.75, 3.05) is 12.4 Å². The van der Waals surface area contributed by atoms with Gasteiger partial charge in [-0.3, -0.25) is 4.68 Å². The van der Waals surface area contributed by atoms with E-state index < -0.39 is 0 Å². The number of nitrogens with zero attached hydrogens (tertiary/aromatic N) is 6. The molecule has 3 heterocycles. The van der Waals surface area contributed by atoms with E-state index in [1.54, 1.807) is 11.6 Å². The van der Waals surface area contributed by atoms with Gasteiger partial charge < -0.3 is 10.1 Å². The average Bonchev–Trinajstić information content (AvgIpc) is 3.27. The van der Waals surface area contributed by atoms with Crippen molar-refractivity contribution in [3.05, 3.63) is 65.2 Å². The molecule has 0 fully saturated rings. The minimum absolute atomic E-state index is 0.616. The van der Waals surface area contributed by atoms with Gasteiger partial charge in [0.05, 0.1) is 24.0 Å². The summed E-state index contributed by atoms with van der Waals surface area (Å²) in [5.41, 5.74) is 7.00. The van der Waals surface area contributed by atoms with E-state index >= 15 is 0 Å². The lowest BCUT2D eigenvalue weighted by Gasteiger charge is -2.09. The van der Waals surface area contributed by atoms with Crippen LogP contribution >= 0.6 is 0 Å². The minimum Gasteiger partial charge on any atom is -0.497 e. The topological polar surface area (TPSA) is 82.2 Å². The Balaban J connectivity index is 1.56. The fourth-order valence-corrected chi connectivity index (χ4v) is 4.12. The number of methoxy groups -OCH3 is 1. The Morgan fingerprint density at radius 1 is 0.938 bits per heavy atom. The number of hydrogen-bond donors (Lipinski definition) is 1. The fourth-order valence-electron chi connectivity index (χ4n) is 4.12. The second-order valence-electron chi connectivity index (χ2n) is 7.93. The molecule has 32 heavy (non-hydrogen) atoms. The Kier molecular flexibility index (Phi) is 4.77. The molecule has 2 aromatic carbocycles. The third-order valence-corrected chi connectivity index (χ3v) is 5.71. The zero-order valence-corrected chi connectivity index (χ0v) is 18.8. The van der Waals surface area contributed by atoms with Gasteiger partial charge in [-0.1, -0.05) is 18.2 Å². The molecule has 0 aliphatic heterocycles. The molecule has 0 unspecified atom stereocenters. The van der Waals surface area contributed by atoms with E-state index in [2.05, 4.69) is 33.6 Å². The Morgan fingerprint density at radius 2 is 1.72 bits per heavy atom. The van der Waals surface area contributed by atoms with Gasteiger partial charge >= 0.3 is 0 Å². The van der Waals surface area contributed by atoms with Crippen LogP contribution in [0.25, 0.3) is 27.7 Å². The maximum Gasteiger partial charge on any atom is 0.227 e. The first-order chi connectivity index (χ1) is 15.4. The summed E-state index contributed by atoms with van der Waals surface area (Å²) in [6, 6.07) is 14.3. The maximum atomic E-state index is 5.24. The highest BCUT2D eigenvalue weighted by atomic mass is 16.5. The first kappa shape index (κ1) is 20.0. The van der Waals surface area contributed by atoms with E-state index in [1.807, 2.05) is 56.8 Å². The van der Waals surface area contributed by atoms with Gasteiger partial charge in [-0.25, -0.2) is 4.98 Å². The normalized spacial score (nSPS) is 11.4. The monoisotopic (exact) mass is 427 g/mol. The van der Waals surface area contributed by atoms with Gasteiger partial charge in [0.15, 0.2) is 5.65 Å². The van der Waals surface area contributed by atoms with Crippen LogP contribution in [0.1, 0.15) is 22.8 Å². The van der Waals surface area contributed by atoms with Gasteiger partial charge in [-0.2, -0.15) is 19.7 Å². The van der Waals surface area contributed by atoms with Crippen LogP contribution < -0.4 is 10.1 Å². The third-order valence-electron chi connectivity index (χ3n) is 5.71. The number of ether oxygens (including phenoxy) is 1. The number of hydrogen-bond acceptors (Lipinski definition) is 6. The van der Waals surface area contributed by atoms with Crippen molar-refractivity contribution in [3.63, 3.8) is 0 Å². The zero-order valence-electron chi connectivity index (χ0n) is 18.8. The predicted molar refractivity (Wildman–Crippen MR) is 125 cm³/mol. The second-order valence-corrected chi connectivity index (χ2v) is 7.93.